The van der Waals surface area contributed by atoms with Crippen LogP contribution in [0.1, 0.15) is 117 Å². The molecule has 7 heteroatoms. The van der Waals surface area contributed by atoms with E-state index in [9.17, 15) is 4.79 Å². The molecule has 1 aromatic carbocycles. The molecule has 5 nitrogen and oxygen atoms in total. The number of thioether (sulfide) groups is 2. The fourth-order valence-electron chi connectivity index (χ4n) is 5.22. The number of likely N-dealkylation sites (N-methyl/N-ethyl adjacent to an activating group) is 1. The fourth-order valence-corrected chi connectivity index (χ4v) is 7.61. The first kappa shape index (κ1) is 31.9. The second-order valence-electron chi connectivity index (χ2n) is 10.7. The van der Waals surface area contributed by atoms with Gasteiger partial charge < -0.3 is 9.64 Å². The molecular formula is C32H51N3O2S2. The van der Waals surface area contributed by atoms with E-state index in [1.54, 1.807) is 18.9 Å². The molecule has 0 unspecified atom stereocenters. The van der Waals surface area contributed by atoms with Gasteiger partial charge in [0.2, 0.25) is 0 Å². The molecule has 0 N–H and O–H groups in total. The van der Waals surface area contributed by atoms with Crippen molar-refractivity contribution in [3.8, 4) is 5.75 Å². The second-order valence-corrected chi connectivity index (χ2v) is 12.8. The number of rotatable bonds is 19. The van der Waals surface area contributed by atoms with Crippen LogP contribution in [0.4, 0.5) is 5.69 Å². The summed E-state index contributed by atoms with van der Waals surface area (Å²) in [7, 11) is 3.71. The number of anilines is 1. The zero-order chi connectivity index (χ0) is 27.9. The van der Waals surface area contributed by atoms with E-state index in [2.05, 4.69) is 17.9 Å². The number of unbranched alkanes of at least 4 members (excludes halogenated alkanes) is 15. The number of ether oxygens (including phenoxy) is 1. The van der Waals surface area contributed by atoms with Crippen molar-refractivity contribution in [3.63, 3.8) is 0 Å². The van der Waals surface area contributed by atoms with Crippen molar-refractivity contribution in [3.05, 3.63) is 28.1 Å². The van der Waals surface area contributed by atoms with Gasteiger partial charge in [-0.1, -0.05) is 115 Å². The third-order valence-electron chi connectivity index (χ3n) is 7.67. The first-order chi connectivity index (χ1) is 19.1. The second kappa shape index (κ2) is 18.0. The third kappa shape index (κ3) is 9.77. The number of hydrogen-bond donors (Lipinski definition) is 0. The number of hydrogen-bond acceptors (Lipinski definition) is 6. The summed E-state index contributed by atoms with van der Waals surface area (Å²) in [6.07, 6.45) is 21.9. The van der Waals surface area contributed by atoms with E-state index in [-0.39, 0.29) is 5.91 Å². The number of nitrogens with zero attached hydrogens (tertiary/aromatic N) is 3. The van der Waals surface area contributed by atoms with Gasteiger partial charge in [0, 0.05) is 31.1 Å². The molecular weight excluding hydrogens is 523 g/mol. The molecule has 0 spiro atoms. The van der Waals surface area contributed by atoms with Crippen LogP contribution in [0.15, 0.2) is 38.0 Å². The molecule has 0 aliphatic carbocycles. The monoisotopic (exact) mass is 573 g/mol. The van der Waals surface area contributed by atoms with Crippen LogP contribution in [-0.2, 0) is 4.79 Å². The van der Waals surface area contributed by atoms with Crippen LogP contribution < -0.4 is 9.64 Å². The molecule has 0 atom stereocenters. The molecule has 1 fully saturated rings. The smallest absolute Gasteiger partial charge is 0.269 e. The first-order valence-electron chi connectivity index (χ1n) is 15.5. The van der Waals surface area contributed by atoms with Crippen LogP contribution in [0.25, 0.3) is 0 Å². The molecule has 2 aliphatic heterocycles. The van der Waals surface area contributed by atoms with Crippen molar-refractivity contribution in [1.29, 1.82) is 0 Å². The van der Waals surface area contributed by atoms with E-state index in [1.165, 1.54) is 108 Å². The van der Waals surface area contributed by atoms with Crippen molar-refractivity contribution in [2.24, 2.45) is 4.99 Å². The number of aliphatic imine (C=N–C) groups is 1. The normalized spacial score (nSPS) is 18.1. The van der Waals surface area contributed by atoms with Crippen molar-refractivity contribution in [1.82, 2.24) is 4.90 Å². The summed E-state index contributed by atoms with van der Waals surface area (Å²) >= 11 is 3.19. The Labute approximate surface area is 246 Å². The van der Waals surface area contributed by atoms with Gasteiger partial charge in [0.25, 0.3) is 5.91 Å². The Hall–Kier alpha value is -1.60. The maximum Gasteiger partial charge on any atom is 0.269 e. The molecule has 3 rings (SSSR count). The number of methoxy groups -OCH3 is 1. The van der Waals surface area contributed by atoms with Crippen LogP contribution in [0.2, 0.25) is 0 Å². The van der Waals surface area contributed by atoms with Gasteiger partial charge in [-0.25, -0.2) is 0 Å². The van der Waals surface area contributed by atoms with Crippen molar-refractivity contribution < 1.29 is 9.53 Å². The number of carbonyl (C=O) groups excluding carboxylic acids is 1. The predicted octanol–water partition coefficient (Wildman–Crippen LogP) is 9.62. The molecule has 0 radical (unpaired) electrons. The van der Waals surface area contributed by atoms with Crippen molar-refractivity contribution in [2.75, 3.05) is 32.1 Å². The van der Waals surface area contributed by atoms with Crippen LogP contribution in [-0.4, -0.2) is 43.2 Å². The molecule has 1 amide bonds. The number of carbonyl (C=O) groups is 1. The maximum atomic E-state index is 13.2. The molecule has 218 valence electrons. The summed E-state index contributed by atoms with van der Waals surface area (Å²) in [5.41, 5.74) is 1.08. The summed E-state index contributed by atoms with van der Waals surface area (Å²) in [5, 5.41) is 1.84. The fraction of sp³-hybridized carbons (Fsp3) is 0.688. The van der Waals surface area contributed by atoms with Crippen LogP contribution >= 0.6 is 23.5 Å². The quantitative estimate of drug-likeness (QED) is 0.122. The van der Waals surface area contributed by atoms with Gasteiger partial charge >= 0.3 is 0 Å². The zero-order valence-electron chi connectivity index (χ0n) is 24.9. The minimum absolute atomic E-state index is 0.0716. The molecule has 1 saturated heterocycles. The van der Waals surface area contributed by atoms with Crippen molar-refractivity contribution in [2.45, 2.75) is 121 Å². The average molecular weight is 574 g/mol. The van der Waals surface area contributed by atoms with E-state index in [4.69, 9.17) is 9.73 Å². The van der Waals surface area contributed by atoms with E-state index in [0.29, 0.717) is 6.54 Å². The predicted molar refractivity (Wildman–Crippen MR) is 171 cm³/mol. The summed E-state index contributed by atoms with van der Waals surface area (Å²) in [6, 6.07) is 6.07. The highest BCUT2D eigenvalue weighted by molar-refractivity contribution is 8.19. The van der Waals surface area contributed by atoms with Gasteiger partial charge in [0.15, 0.2) is 5.17 Å². The largest absolute Gasteiger partial charge is 0.497 e. The number of amidine groups is 1. The molecule has 2 heterocycles. The number of benzene rings is 1. The van der Waals surface area contributed by atoms with Gasteiger partial charge in [-0.05, 0) is 37.2 Å². The summed E-state index contributed by atoms with van der Waals surface area (Å²) in [5.74, 6) is 0.899. The Kier molecular flexibility index (Phi) is 14.7. The Morgan fingerprint density at radius 2 is 1.36 bits per heavy atom. The number of amides is 1. The Balaban J connectivity index is 1.30. The molecule has 2 aliphatic rings. The van der Waals surface area contributed by atoms with E-state index in [1.807, 2.05) is 31.0 Å². The first-order valence-corrected chi connectivity index (χ1v) is 17.1. The van der Waals surface area contributed by atoms with Gasteiger partial charge in [0.05, 0.1) is 17.8 Å². The van der Waals surface area contributed by atoms with Crippen LogP contribution in [0.5, 0.6) is 5.75 Å². The van der Waals surface area contributed by atoms with Crippen LogP contribution in [0.3, 0.4) is 0 Å². The minimum atomic E-state index is 0.0716. The lowest BCUT2D eigenvalue weighted by Gasteiger charge is -2.15. The van der Waals surface area contributed by atoms with Crippen molar-refractivity contribution >= 4 is 40.3 Å². The SMILES string of the molecule is CCCCCCCCCCCCCCCCCCN=C1S/C(=C2\Sc3ccc(OC)cc3N2C)C(=O)N1CC. The Morgan fingerprint density at radius 1 is 0.795 bits per heavy atom. The van der Waals surface area contributed by atoms with E-state index >= 15 is 0 Å². The Morgan fingerprint density at radius 3 is 1.90 bits per heavy atom. The van der Waals surface area contributed by atoms with Gasteiger partial charge in [0.1, 0.15) is 10.7 Å². The molecule has 39 heavy (non-hydrogen) atoms. The standard InChI is InChI=1S/C32H51N3O2S2/c1-5-7-8-9-10-11-12-13-14-15-16-17-18-19-20-21-24-33-32-35(6-2)30(36)29(39-32)31-34(3)27-25-26(37-4)22-23-28(27)38-31/h22-23,25H,5-21,24H2,1-4H3/b31-29-,33-32?. The molecule has 0 aromatic heterocycles. The Bertz CT molecular complexity index is 963. The number of fused-ring (bicyclic) bond motifs is 1. The van der Waals surface area contributed by atoms with E-state index in [0.717, 1.165) is 44.4 Å². The maximum absolute atomic E-state index is 13.2. The topological polar surface area (TPSA) is 45.1 Å². The van der Waals surface area contributed by atoms with Gasteiger partial charge in [-0.15, -0.1) is 0 Å². The molecule has 1 aromatic rings. The third-order valence-corrected chi connectivity index (χ3v) is 10.1. The highest BCUT2D eigenvalue weighted by Crippen LogP contribution is 2.50. The minimum Gasteiger partial charge on any atom is -0.497 e. The lowest BCUT2D eigenvalue weighted by Crippen LogP contribution is -2.29. The van der Waals surface area contributed by atoms with E-state index < -0.39 is 0 Å². The van der Waals surface area contributed by atoms with Gasteiger partial charge in [-0.2, -0.15) is 0 Å². The summed E-state index contributed by atoms with van der Waals surface area (Å²) < 4.78 is 5.39. The summed E-state index contributed by atoms with van der Waals surface area (Å²) in [4.78, 5) is 24.0. The molecule has 0 saturated carbocycles. The lowest BCUT2D eigenvalue weighted by molar-refractivity contribution is -0.122. The highest BCUT2D eigenvalue weighted by atomic mass is 32.2. The van der Waals surface area contributed by atoms with Crippen LogP contribution in [0, 0.1) is 0 Å². The molecule has 0 bridgehead atoms. The highest BCUT2D eigenvalue weighted by Gasteiger charge is 2.38. The zero-order valence-corrected chi connectivity index (χ0v) is 26.6. The summed E-state index contributed by atoms with van der Waals surface area (Å²) in [6.45, 7) is 5.76. The van der Waals surface area contributed by atoms with Gasteiger partial charge in [-0.3, -0.25) is 14.7 Å². The average Bonchev–Trinajstić information content (AvgIpc) is 3.45. The lowest BCUT2D eigenvalue weighted by atomic mass is 10.0.